The summed E-state index contributed by atoms with van der Waals surface area (Å²) < 4.78 is 10.2. The van der Waals surface area contributed by atoms with Gasteiger partial charge in [-0.05, 0) is 35.9 Å². The highest BCUT2D eigenvalue weighted by molar-refractivity contribution is 6.19. The molecule has 0 aliphatic heterocycles. The molecule has 0 unspecified atom stereocenters. The van der Waals surface area contributed by atoms with Gasteiger partial charge >= 0.3 is 5.97 Å². The Morgan fingerprint density at radius 2 is 1.55 bits per heavy atom. The molecule has 2 aromatic rings. The van der Waals surface area contributed by atoms with Crippen molar-refractivity contribution in [3.05, 3.63) is 65.7 Å². The zero-order valence-corrected chi connectivity index (χ0v) is 12.0. The minimum atomic E-state index is -0.837. The van der Waals surface area contributed by atoms with E-state index in [9.17, 15) is 9.59 Å². The van der Waals surface area contributed by atoms with Crippen molar-refractivity contribution in [1.29, 1.82) is 0 Å². The lowest BCUT2D eigenvalue weighted by Crippen LogP contribution is -2.21. The minimum Gasteiger partial charge on any atom is -0.465 e. The van der Waals surface area contributed by atoms with E-state index in [1.54, 1.807) is 24.3 Å². The predicted molar refractivity (Wildman–Crippen MR) is 82.1 cm³/mol. The second kappa shape index (κ2) is 7.08. The zero-order chi connectivity index (χ0) is 15.9. The summed E-state index contributed by atoms with van der Waals surface area (Å²) in [6.45, 7) is 0. The maximum absolute atomic E-state index is 11.4. The molecule has 5 heteroatoms. The van der Waals surface area contributed by atoms with Crippen LogP contribution in [0, 0.1) is 0 Å². The first-order chi connectivity index (χ1) is 10.6. The van der Waals surface area contributed by atoms with Crippen molar-refractivity contribution < 1.29 is 19.1 Å². The van der Waals surface area contributed by atoms with E-state index in [0.29, 0.717) is 11.3 Å². The molecule has 0 bridgehead atoms. The maximum Gasteiger partial charge on any atom is 0.343 e. The number of nitrogens with two attached hydrogens (primary N) is 1. The number of primary amides is 1. The van der Waals surface area contributed by atoms with Crippen LogP contribution in [0.25, 0.3) is 6.08 Å². The van der Waals surface area contributed by atoms with Crippen molar-refractivity contribution in [2.24, 2.45) is 5.73 Å². The number of carbonyl (C=O) groups is 2. The van der Waals surface area contributed by atoms with Crippen LogP contribution >= 0.6 is 0 Å². The number of amides is 1. The molecule has 0 fully saturated rings. The van der Waals surface area contributed by atoms with E-state index in [4.69, 9.17) is 10.5 Å². The fraction of sp³-hybridized carbons (Fsp3) is 0.0588. The first-order valence-corrected chi connectivity index (χ1v) is 6.53. The Hall–Kier alpha value is -3.08. The average molecular weight is 297 g/mol. The number of rotatable bonds is 5. The lowest BCUT2D eigenvalue weighted by atomic mass is 10.1. The summed E-state index contributed by atoms with van der Waals surface area (Å²) in [5.41, 5.74) is 5.59. The molecule has 0 spiro atoms. The summed E-state index contributed by atoms with van der Waals surface area (Å²) in [6.07, 6.45) is 1.38. The molecular weight excluding hydrogens is 282 g/mol. The predicted octanol–water partition coefficient (Wildman–Crippen LogP) is 2.52. The fourth-order valence-corrected chi connectivity index (χ4v) is 1.76. The third kappa shape index (κ3) is 3.96. The third-order valence-corrected chi connectivity index (χ3v) is 2.84. The molecule has 5 nitrogen and oxygen atoms in total. The lowest BCUT2D eigenvalue weighted by Gasteiger charge is -2.06. The van der Waals surface area contributed by atoms with Crippen molar-refractivity contribution in [2.75, 3.05) is 7.11 Å². The number of esters is 1. The van der Waals surface area contributed by atoms with E-state index in [2.05, 4.69) is 4.74 Å². The highest BCUT2D eigenvalue weighted by Gasteiger charge is 2.15. The largest absolute Gasteiger partial charge is 0.465 e. The number of para-hydroxylation sites is 1. The molecule has 0 aliphatic carbocycles. The number of hydrogen-bond donors (Lipinski definition) is 1. The highest BCUT2D eigenvalue weighted by atomic mass is 16.5. The topological polar surface area (TPSA) is 78.6 Å². The van der Waals surface area contributed by atoms with Crippen LogP contribution in [0.5, 0.6) is 11.5 Å². The van der Waals surface area contributed by atoms with Gasteiger partial charge in [-0.1, -0.05) is 30.3 Å². The van der Waals surface area contributed by atoms with Gasteiger partial charge in [-0.2, -0.15) is 0 Å². The van der Waals surface area contributed by atoms with Gasteiger partial charge in [-0.3, -0.25) is 4.79 Å². The number of hydrogen-bond acceptors (Lipinski definition) is 4. The molecule has 0 aliphatic rings. The van der Waals surface area contributed by atoms with E-state index < -0.39 is 11.9 Å². The Balaban J connectivity index is 2.17. The summed E-state index contributed by atoms with van der Waals surface area (Å²) >= 11 is 0. The van der Waals surface area contributed by atoms with Crippen molar-refractivity contribution in [3.8, 4) is 11.5 Å². The molecule has 0 radical (unpaired) electrons. The molecule has 22 heavy (non-hydrogen) atoms. The monoisotopic (exact) mass is 297 g/mol. The van der Waals surface area contributed by atoms with Gasteiger partial charge in [0.05, 0.1) is 7.11 Å². The second-order valence-corrected chi connectivity index (χ2v) is 4.40. The molecule has 0 aromatic heterocycles. The standard InChI is InChI=1S/C17H15NO4/c1-21-17(20)15(16(18)19)11-12-7-9-14(10-8-12)22-13-5-3-2-4-6-13/h2-11H,1H3,(H2,18,19)/b15-11-. The van der Waals surface area contributed by atoms with Crippen LogP contribution < -0.4 is 10.5 Å². The van der Waals surface area contributed by atoms with Crippen LogP contribution in [0.1, 0.15) is 5.56 Å². The Labute approximate surface area is 128 Å². The van der Waals surface area contributed by atoms with E-state index in [-0.39, 0.29) is 5.57 Å². The number of carbonyl (C=O) groups excluding carboxylic acids is 2. The van der Waals surface area contributed by atoms with Crippen LogP contribution in [-0.4, -0.2) is 19.0 Å². The third-order valence-electron chi connectivity index (χ3n) is 2.84. The number of benzene rings is 2. The van der Waals surface area contributed by atoms with Crippen LogP contribution in [0.4, 0.5) is 0 Å². The molecule has 2 N–H and O–H groups in total. The molecule has 2 aromatic carbocycles. The van der Waals surface area contributed by atoms with Crippen molar-refractivity contribution in [2.45, 2.75) is 0 Å². The van der Waals surface area contributed by atoms with Gasteiger partial charge in [0.1, 0.15) is 17.1 Å². The van der Waals surface area contributed by atoms with Gasteiger partial charge in [0.15, 0.2) is 0 Å². The molecule has 0 saturated heterocycles. The molecule has 0 heterocycles. The summed E-state index contributed by atoms with van der Waals surface area (Å²) in [6, 6.07) is 16.2. The molecule has 1 amide bonds. The van der Waals surface area contributed by atoms with E-state index >= 15 is 0 Å². The SMILES string of the molecule is COC(=O)/C(=C\c1ccc(Oc2ccccc2)cc1)C(N)=O. The molecular formula is C17H15NO4. The van der Waals surface area contributed by atoms with Gasteiger partial charge in [0.25, 0.3) is 5.91 Å². The van der Waals surface area contributed by atoms with E-state index in [1.165, 1.54) is 13.2 Å². The van der Waals surface area contributed by atoms with Crippen LogP contribution in [0.15, 0.2) is 60.2 Å². The van der Waals surface area contributed by atoms with Crippen molar-refractivity contribution in [1.82, 2.24) is 0 Å². The Morgan fingerprint density at radius 3 is 2.09 bits per heavy atom. The molecule has 0 saturated carbocycles. The molecule has 0 atom stereocenters. The van der Waals surface area contributed by atoms with Crippen molar-refractivity contribution >= 4 is 18.0 Å². The molecule has 112 valence electrons. The quantitative estimate of drug-likeness (QED) is 0.398. The van der Waals surface area contributed by atoms with Gasteiger partial charge in [0.2, 0.25) is 0 Å². The Morgan fingerprint density at radius 1 is 0.955 bits per heavy atom. The summed E-state index contributed by atoms with van der Waals surface area (Å²) in [4.78, 5) is 22.7. The number of ether oxygens (including phenoxy) is 2. The van der Waals surface area contributed by atoms with Gasteiger partial charge in [-0.25, -0.2) is 4.79 Å². The minimum absolute atomic E-state index is 0.209. The Bertz CT molecular complexity index is 690. The smallest absolute Gasteiger partial charge is 0.343 e. The summed E-state index contributed by atoms with van der Waals surface area (Å²) in [5, 5.41) is 0. The lowest BCUT2D eigenvalue weighted by molar-refractivity contribution is -0.137. The normalized spacial score (nSPS) is 10.9. The Kier molecular flexibility index (Phi) is 4.93. The van der Waals surface area contributed by atoms with Crippen LogP contribution in [-0.2, 0) is 14.3 Å². The molecule has 2 rings (SSSR count). The maximum atomic E-state index is 11.4. The summed E-state index contributed by atoms with van der Waals surface area (Å²) in [7, 11) is 1.19. The highest BCUT2D eigenvalue weighted by Crippen LogP contribution is 2.21. The number of methoxy groups -OCH3 is 1. The van der Waals surface area contributed by atoms with E-state index in [1.807, 2.05) is 30.3 Å². The van der Waals surface area contributed by atoms with Gasteiger partial charge < -0.3 is 15.2 Å². The average Bonchev–Trinajstić information content (AvgIpc) is 2.54. The van der Waals surface area contributed by atoms with Gasteiger partial charge in [-0.15, -0.1) is 0 Å². The first-order valence-electron chi connectivity index (χ1n) is 6.53. The van der Waals surface area contributed by atoms with Crippen LogP contribution in [0.2, 0.25) is 0 Å². The summed E-state index contributed by atoms with van der Waals surface area (Å²) in [5.74, 6) is -0.242. The first kappa shape index (κ1) is 15.3. The van der Waals surface area contributed by atoms with Gasteiger partial charge in [0, 0.05) is 0 Å². The van der Waals surface area contributed by atoms with Crippen LogP contribution in [0.3, 0.4) is 0 Å². The zero-order valence-electron chi connectivity index (χ0n) is 12.0. The fourth-order valence-electron chi connectivity index (χ4n) is 1.76. The van der Waals surface area contributed by atoms with E-state index in [0.717, 1.165) is 5.75 Å². The van der Waals surface area contributed by atoms with Crippen molar-refractivity contribution in [3.63, 3.8) is 0 Å². The second-order valence-electron chi connectivity index (χ2n) is 4.40.